The molecule has 2 aromatic carbocycles. The average Bonchev–Trinajstić information content (AvgIpc) is 2.51. The summed E-state index contributed by atoms with van der Waals surface area (Å²) in [5.41, 5.74) is 2.62. The molecular weight excluding hydrogens is 326 g/mol. The van der Waals surface area contributed by atoms with Crippen LogP contribution < -0.4 is 4.74 Å². The van der Waals surface area contributed by atoms with E-state index < -0.39 is 16.0 Å². The maximum Gasteiger partial charge on any atom is 0.326 e. The first-order chi connectivity index (χ1) is 11.2. The molecule has 0 saturated carbocycles. The number of likely N-dealkylation sites (N-methyl/N-ethyl adjacent to an activating group) is 1. The molecule has 0 bridgehead atoms. The Morgan fingerprint density at radius 1 is 1.00 bits per heavy atom. The van der Waals surface area contributed by atoms with E-state index in [1.54, 1.807) is 12.1 Å². The molecule has 0 heterocycles. The van der Waals surface area contributed by atoms with Crippen molar-refractivity contribution in [3.63, 3.8) is 0 Å². The molecule has 2 rings (SSSR count). The lowest BCUT2D eigenvalue weighted by atomic mass is 10.1. The van der Waals surface area contributed by atoms with Gasteiger partial charge in [-0.25, -0.2) is 8.42 Å². The normalized spacial score (nSPS) is 11.5. The van der Waals surface area contributed by atoms with Crippen LogP contribution in [0, 0.1) is 20.8 Å². The fourth-order valence-corrected chi connectivity index (χ4v) is 3.38. The van der Waals surface area contributed by atoms with E-state index in [1.807, 2.05) is 39.0 Å². The first-order valence-corrected chi connectivity index (χ1v) is 8.95. The highest BCUT2D eigenvalue weighted by atomic mass is 32.2. The smallest absolute Gasteiger partial charge is 0.326 e. The van der Waals surface area contributed by atoms with Gasteiger partial charge >= 0.3 is 5.97 Å². The van der Waals surface area contributed by atoms with Gasteiger partial charge < -0.3 is 4.74 Å². The van der Waals surface area contributed by atoms with Gasteiger partial charge in [0.1, 0.15) is 12.3 Å². The monoisotopic (exact) mass is 347 g/mol. The molecule has 0 aliphatic carbocycles. The van der Waals surface area contributed by atoms with Gasteiger partial charge in [0.05, 0.1) is 4.90 Å². The number of hydrogen-bond acceptors (Lipinski definition) is 4. The van der Waals surface area contributed by atoms with E-state index in [2.05, 4.69) is 0 Å². The average molecular weight is 347 g/mol. The molecule has 6 heteroatoms. The number of hydrogen-bond donors (Lipinski definition) is 0. The number of ether oxygens (including phenoxy) is 1. The molecule has 0 spiro atoms. The Labute approximate surface area is 142 Å². The van der Waals surface area contributed by atoms with Crippen molar-refractivity contribution in [3.8, 4) is 5.75 Å². The van der Waals surface area contributed by atoms with Gasteiger partial charge in [0.2, 0.25) is 10.0 Å². The van der Waals surface area contributed by atoms with Crippen molar-refractivity contribution in [2.75, 3.05) is 13.6 Å². The lowest BCUT2D eigenvalue weighted by molar-refractivity contribution is -0.134. The van der Waals surface area contributed by atoms with E-state index in [-0.39, 0.29) is 11.4 Å². The van der Waals surface area contributed by atoms with Crippen LogP contribution in [-0.4, -0.2) is 32.3 Å². The zero-order chi connectivity index (χ0) is 17.9. The van der Waals surface area contributed by atoms with Crippen molar-refractivity contribution >= 4 is 16.0 Å². The van der Waals surface area contributed by atoms with Crippen LogP contribution in [-0.2, 0) is 14.8 Å². The zero-order valence-electron chi connectivity index (χ0n) is 14.2. The molecule has 2 aromatic rings. The third kappa shape index (κ3) is 4.01. The maximum atomic E-state index is 12.5. The highest BCUT2D eigenvalue weighted by Crippen LogP contribution is 2.23. The number of para-hydroxylation sites is 1. The molecular formula is C18H21NO4S. The van der Waals surface area contributed by atoms with Gasteiger partial charge in [-0.3, -0.25) is 4.79 Å². The second kappa shape index (κ2) is 7.15. The summed E-state index contributed by atoms with van der Waals surface area (Å²) < 4.78 is 31.3. The van der Waals surface area contributed by atoms with Crippen LogP contribution in [0.25, 0.3) is 0 Å². The number of esters is 1. The number of benzene rings is 2. The van der Waals surface area contributed by atoms with Gasteiger partial charge in [-0.2, -0.15) is 4.31 Å². The Hall–Kier alpha value is -2.18. The molecule has 0 unspecified atom stereocenters. The highest BCUT2D eigenvalue weighted by molar-refractivity contribution is 7.89. The van der Waals surface area contributed by atoms with Gasteiger partial charge in [0.15, 0.2) is 0 Å². The SMILES string of the molecule is Cc1ccc(S(=O)(=O)N(C)CC(=O)Oc2c(C)cccc2C)cc1. The summed E-state index contributed by atoms with van der Waals surface area (Å²) in [5.74, 6) is -0.144. The number of sulfonamides is 1. The molecule has 0 aromatic heterocycles. The summed E-state index contributed by atoms with van der Waals surface area (Å²) in [6.07, 6.45) is 0. The van der Waals surface area contributed by atoms with Crippen molar-refractivity contribution < 1.29 is 17.9 Å². The van der Waals surface area contributed by atoms with Crippen LogP contribution in [0.2, 0.25) is 0 Å². The molecule has 0 aliphatic heterocycles. The Kier molecular flexibility index (Phi) is 5.41. The van der Waals surface area contributed by atoms with Crippen LogP contribution in [0.15, 0.2) is 47.4 Å². The topological polar surface area (TPSA) is 63.7 Å². The first kappa shape index (κ1) is 18.2. The van der Waals surface area contributed by atoms with Crippen molar-refractivity contribution in [3.05, 3.63) is 59.2 Å². The number of nitrogens with zero attached hydrogens (tertiary/aromatic N) is 1. The molecule has 0 N–H and O–H groups in total. The van der Waals surface area contributed by atoms with Crippen molar-refractivity contribution in [2.45, 2.75) is 25.7 Å². The molecule has 24 heavy (non-hydrogen) atoms. The van der Waals surface area contributed by atoms with E-state index in [1.165, 1.54) is 19.2 Å². The van der Waals surface area contributed by atoms with Crippen LogP contribution in [0.3, 0.4) is 0 Å². The first-order valence-electron chi connectivity index (χ1n) is 7.51. The van der Waals surface area contributed by atoms with Gasteiger partial charge in [-0.05, 0) is 44.0 Å². The number of rotatable bonds is 5. The van der Waals surface area contributed by atoms with E-state index in [0.717, 1.165) is 21.0 Å². The Bertz CT molecular complexity index is 822. The summed E-state index contributed by atoms with van der Waals surface area (Å²) >= 11 is 0. The van der Waals surface area contributed by atoms with E-state index in [9.17, 15) is 13.2 Å². The van der Waals surface area contributed by atoms with Gasteiger partial charge in [-0.1, -0.05) is 35.9 Å². The van der Waals surface area contributed by atoms with Crippen LogP contribution in [0.5, 0.6) is 5.75 Å². The van der Waals surface area contributed by atoms with Gasteiger partial charge in [-0.15, -0.1) is 0 Å². The second-order valence-electron chi connectivity index (χ2n) is 5.77. The second-order valence-corrected chi connectivity index (χ2v) is 7.81. The largest absolute Gasteiger partial charge is 0.425 e. The van der Waals surface area contributed by atoms with E-state index in [0.29, 0.717) is 5.75 Å². The predicted molar refractivity (Wildman–Crippen MR) is 92.5 cm³/mol. The van der Waals surface area contributed by atoms with Crippen molar-refractivity contribution in [2.24, 2.45) is 0 Å². The van der Waals surface area contributed by atoms with Gasteiger partial charge in [0.25, 0.3) is 0 Å². The fraction of sp³-hybridized carbons (Fsp3) is 0.278. The van der Waals surface area contributed by atoms with Crippen molar-refractivity contribution in [1.29, 1.82) is 0 Å². The highest BCUT2D eigenvalue weighted by Gasteiger charge is 2.24. The number of carbonyl (C=O) groups is 1. The minimum absolute atomic E-state index is 0.149. The number of aryl methyl sites for hydroxylation is 3. The zero-order valence-corrected chi connectivity index (χ0v) is 15.1. The summed E-state index contributed by atoms with van der Waals surface area (Å²) in [5, 5.41) is 0. The van der Waals surface area contributed by atoms with Crippen LogP contribution in [0.1, 0.15) is 16.7 Å². The van der Waals surface area contributed by atoms with E-state index in [4.69, 9.17) is 4.74 Å². The Morgan fingerprint density at radius 2 is 1.54 bits per heavy atom. The van der Waals surface area contributed by atoms with Gasteiger partial charge in [0, 0.05) is 7.05 Å². The summed E-state index contributed by atoms with van der Waals surface area (Å²) in [4.78, 5) is 12.3. The standard InChI is InChI=1S/C18H21NO4S/c1-13-8-10-16(11-9-13)24(21,22)19(4)12-17(20)23-18-14(2)6-5-7-15(18)3/h5-11H,12H2,1-4H3. The predicted octanol–water partition coefficient (Wildman–Crippen LogP) is 2.84. The fourth-order valence-electron chi connectivity index (χ4n) is 2.26. The minimum atomic E-state index is -3.73. The lowest BCUT2D eigenvalue weighted by Gasteiger charge is -2.17. The third-order valence-electron chi connectivity index (χ3n) is 3.71. The molecule has 0 fully saturated rings. The molecule has 0 radical (unpaired) electrons. The molecule has 0 aliphatic rings. The maximum absolute atomic E-state index is 12.5. The molecule has 5 nitrogen and oxygen atoms in total. The van der Waals surface area contributed by atoms with Crippen LogP contribution in [0.4, 0.5) is 0 Å². The van der Waals surface area contributed by atoms with E-state index >= 15 is 0 Å². The molecule has 128 valence electrons. The number of carbonyl (C=O) groups excluding carboxylic acids is 1. The summed E-state index contributed by atoms with van der Waals surface area (Å²) in [6.45, 7) is 5.19. The molecule has 0 atom stereocenters. The van der Waals surface area contributed by atoms with Crippen molar-refractivity contribution in [1.82, 2.24) is 4.31 Å². The molecule has 0 amide bonds. The Morgan fingerprint density at radius 3 is 2.08 bits per heavy atom. The Balaban J connectivity index is 2.12. The summed E-state index contributed by atoms with van der Waals surface area (Å²) in [7, 11) is -2.37. The molecule has 0 saturated heterocycles. The lowest BCUT2D eigenvalue weighted by Crippen LogP contribution is -2.34. The minimum Gasteiger partial charge on any atom is -0.425 e. The quantitative estimate of drug-likeness (QED) is 0.616. The third-order valence-corrected chi connectivity index (χ3v) is 5.52. The van der Waals surface area contributed by atoms with Crippen LogP contribution >= 0.6 is 0 Å². The summed E-state index contributed by atoms with van der Waals surface area (Å²) in [6, 6.07) is 12.0.